The fourth-order valence-electron chi connectivity index (χ4n) is 6.30. The Morgan fingerprint density at radius 3 is 2.47 bits per heavy atom. The summed E-state index contributed by atoms with van der Waals surface area (Å²) in [5.74, 6) is -5.04. The number of carbonyl (C=O) groups is 4. The molecule has 0 bridgehead atoms. The molecule has 9 N–H and O–H groups in total. The van der Waals surface area contributed by atoms with E-state index in [1.807, 2.05) is 0 Å². The molecule has 1 amide bonds. The zero-order valence-electron chi connectivity index (χ0n) is 25.4. The van der Waals surface area contributed by atoms with E-state index in [1.165, 1.54) is 25.3 Å². The summed E-state index contributed by atoms with van der Waals surface area (Å²) in [5, 5.41) is 68.4. The molecule has 3 aliphatic rings. The zero-order chi connectivity index (χ0) is 34.4. The van der Waals surface area contributed by atoms with Gasteiger partial charge in [-0.15, -0.1) is 0 Å². The fourth-order valence-corrected chi connectivity index (χ4v) is 6.30. The van der Waals surface area contributed by atoms with Gasteiger partial charge in [-0.3, -0.25) is 19.2 Å². The van der Waals surface area contributed by atoms with E-state index in [0.29, 0.717) is 0 Å². The van der Waals surface area contributed by atoms with E-state index >= 15 is 0 Å². The predicted octanol–water partition coefficient (Wildman–Crippen LogP) is -0.231. The van der Waals surface area contributed by atoms with E-state index in [0.717, 1.165) is 0 Å². The number of amides is 1. The van der Waals surface area contributed by atoms with Crippen molar-refractivity contribution in [2.45, 2.75) is 75.3 Å². The number of ketones is 2. The van der Waals surface area contributed by atoms with Gasteiger partial charge in [0.05, 0.1) is 60.9 Å². The van der Waals surface area contributed by atoms with Crippen molar-refractivity contribution in [3.05, 3.63) is 51.6 Å². The maximum absolute atomic E-state index is 13.8. The second kappa shape index (κ2) is 13.0. The number of hydrogen-bond donors (Lipinski definition) is 8. The molecular formula is C31H35N3O13. The van der Waals surface area contributed by atoms with Gasteiger partial charge in [-0.2, -0.15) is 5.10 Å². The molecule has 0 spiro atoms. The number of carboxylic acids is 1. The molecule has 1 saturated heterocycles. The number of carbonyl (C=O) groups excluding carboxylic acids is 3. The Labute approximate surface area is 267 Å². The topological polar surface area (TPSA) is 268 Å². The highest BCUT2D eigenvalue weighted by atomic mass is 16.7. The standard InChI is InChI=1S/C31H35N3O13/c1-12-26(39)15(32)8-21(46-12)47-17-10-31(44,18(11-35)33-34-19(36)6-7-20(37)38)9-14-23(17)30(43)25-24(28(14)41)27(40)13-4-3-5-16(45-2)22(13)29(25)42/h3-5,12,15,17,21,26,35,39,41,43-44H,6-11,32H2,1-2H3,(H,34,36)(H,37,38)/b33-18-. The monoisotopic (exact) mass is 657 g/mol. The summed E-state index contributed by atoms with van der Waals surface area (Å²) in [6.07, 6.45) is -6.37. The number of methoxy groups -OCH3 is 1. The molecule has 2 aromatic rings. The smallest absolute Gasteiger partial charge is 0.303 e. The number of aliphatic hydroxyl groups excluding tert-OH is 2. The number of nitrogens with one attached hydrogen (secondary N) is 1. The fraction of sp³-hybridized carbons (Fsp3) is 0.452. The highest BCUT2D eigenvalue weighted by molar-refractivity contribution is 6.31. The molecule has 252 valence electrons. The number of hydrogen-bond acceptors (Lipinski definition) is 14. The number of hydrazone groups is 1. The van der Waals surface area contributed by atoms with Gasteiger partial charge in [0.25, 0.3) is 0 Å². The molecule has 16 nitrogen and oxygen atoms in total. The molecule has 0 radical (unpaired) electrons. The lowest BCUT2D eigenvalue weighted by molar-refractivity contribution is -0.245. The summed E-state index contributed by atoms with van der Waals surface area (Å²) in [6.45, 7) is 0.637. The van der Waals surface area contributed by atoms with Gasteiger partial charge in [-0.1, -0.05) is 12.1 Å². The van der Waals surface area contributed by atoms with Crippen LogP contribution in [0, 0.1) is 0 Å². The summed E-state index contributed by atoms with van der Waals surface area (Å²) in [7, 11) is 1.31. The molecule has 0 saturated carbocycles. The van der Waals surface area contributed by atoms with Crippen LogP contribution in [0.5, 0.6) is 17.2 Å². The molecule has 2 aliphatic carbocycles. The molecule has 5 rings (SSSR count). The van der Waals surface area contributed by atoms with Crippen LogP contribution in [0.2, 0.25) is 0 Å². The third kappa shape index (κ3) is 6.06. The minimum absolute atomic E-state index is 0.0317. The normalized spacial score (nSPS) is 27.0. The molecule has 2 aromatic carbocycles. The summed E-state index contributed by atoms with van der Waals surface area (Å²) in [4.78, 5) is 50.6. The second-order valence-corrected chi connectivity index (χ2v) is 11.7. The molecule has 47 heavy (non-hydrogen) atoms. The molecule has 6 atom stereocenters. The van der Waals surface area contributed by atoms with Gasteiger partial charge < -0.3 is 50.6 Å². The third-order valence-electron chi connectivity index (χ3n) is 8.71. The maximum atomic E-state index is 13.8. The van der Waals surface area contributed by atoms with Gasteiger partial charge in [-0.05, 0) is 13.0 Å². The van der Waals surface area contributed by atoms with Crippen LogP contribution in [-0.4, -0.2) is 104 Å². The molecule has 0 aromatic heterocycles. The van der Waals surface area contributed by atoms with Crippen molar-refractivity contribution >= 4 is 29.2 Å². The van der Waals surface area contributed by atoms with Gasteiger partial charge in [-0.25, -0.2) is 5.43 Å². The van der Waals surface area contributed by atoms with Gasteiger partial charge in [0.2, 0.25) is 11.7 Å². The number of nitrogens with two attached hydrogens (primary N) is 1. The summed E-state index contributed by atoms with van der Waals surface area (Å²) in [5.41, 5.74) is 3.95. The van der Waals surface area contributed by atoms with Crippen LogP contribution in [0.15, 0.2) is 23.3 Å². The van der Waals surface area contributed by atoms with Crippen molar-refractivity contribution < 1.29 is 64.0 Å². The van der Waals surface area contributed by atoms with Crippen molar-refractivity contribution in [2.75, 3.05) is 13.7 Å². The van der Waals surface area contributed by atoms with E-state index in [9.17, 15) is 44.7 Å². The maximum Gasteiger partial charge on any atom is 0.303 e. The molecule has 6 unspecified atom stereocenters. The number of aromatic hydroxyl groups is 2. The van der Waals surface area contributed by atoms with Crippen LogP contribution >= 0.6 is 0 Å². The van der Waals surface area contributed by atoms with Crippen LogP contribution in [0.3, 0.4) is 0 Å². The number of nitrogens with zero attached hydrogens (tertiary/aromatic N) is 1. The van der Waals surface area contributed by atoms with Gasteiger partial charge >= 0.3 is 5.97 Å². The Hall–Kier alpha value is -4.45. The molecule has 1 aliphatic heterocycles. The van der Waals surface area contributed by atoms with E-state index in [4.69, 9.17) is 25.1 Å². The Bertz CT molecular complexity index is 1660. The van der Waals surface area contributed by atoms with E-state index in [1.54, 1.807) is 6.92 Å². The van der Waals surface area contributed by atoms with Crippen molar-refractivity contribution in [1.29, 1.82) is 0 Å². The van der Waals surface area contributed by atoms with Crippen LogP contribution in [0.1, 0.15) is 81.7 Å². The minimum atomic E-state index is -2.20. The summed E-state index contributed by atoms with van der Waals surface area (Å²) in [6, 6.07) is 3.52. The second-order valence-electron chi connectivity index (χ2n) is 11.7. The first-order chi connectivity index (χ1) is 22.2. The van der Waals surface area contributed by atoms with Crippen LogP contribution in [0.4, 0.5) is 0 Å². The van der Waals surface area contributed by atoms with Crippen LogP contribution in [-0.2, 0) is 25.5 Å². The number of ether oxygens (including phenoxy) is 3. The van der Waals surface area contributed by atoms with Gasteiger partial charge in [0, 0.05) is 48.4 Å². The highest BCUT2D eigenvalue weighted by Crippen LogP contribution is 2.52. The average molecular weight is 658 g/mol. The minimum Gasteiger partial charge on any atom is -0.507 e. The van der Waals surface area contributed by atoms with Gasteiger partial charge in [0.1, 0.15) is 22.8 Å². The third-order valence-corrected chi connectivity index (χ3v) is 8.71. The van der Waals surface area contributed by atoms with Crippen LogP contribution < -0.4 is 15.9 Å². The van der Waals surface area contributed by atoms with Crippen LogP contribution in [0.25, 0.3) is 0 Å². The van der Waals surface area contributed by atoms with E-state index in [-0.39, 0.29) is 34.4 Å². The number of aliphatic hydroxyl groups is 3. The lowest BCUT2D eigenvalue weighted by Gasteiger charge is -2.43. The first-order valence-electron chi connectivity index (χ1n) is 14.7. The predicted molar refractivity (Wildman–Crippen MR) is 159 cm³/mol. The Morgan fingerprint density at radius 1 is 1.13 bits per heavy atom. The molecule has 1 fully saturated rings. The Balaban J connectivity index is 1.63. The SMILES string of the molecule is COc1cccc2c1C(=O)c1c(O)c3c(c(O)c1C2=O)CC(O)(/C(CO)=N\NC(=O)CCC(=O)O)CC3OC1CC(N)C(O)C(C)O1. The quantitative estimate of drug-likeness (QED) is 0.0839. The van der Waals surface area contributed by atoms with Crippen molar-refractivity contribution in [1.82, 2.24) is 5.43 Å². The molecule has 1 heterocycles. The van der Waals surface area contributed by atoms with Crippen molar-refractivity contribution in [2.24, 2.45) is 10.8 Å². The zero-order valence-corrected chi connectivity index (χ0v) is 25.4. The molecular weight excluding hydrogens is 622 g/mol. The number of phenols is 2. The first-order valence-corrected chi connectivity index (χ1v) is 14.7. The number of carboxylic acid groups (broad SMARTS) is 1. The summed E-state index contributed by atoms with van der Waals surface area (Å²) >= 11 is 0. The number of aliphatic carboxylic acids is 1. The Morgan fingerprint density at radius 2 is 1.83 bits per heavy atom. The largest absolute Gasteiger partial charge is 0.507 e. The number of benzene rings is 2. The lowest BCUT2D eigenvalue weighted by atomic mass is 9.71. The lowest BCUT2D eigenvalue weighted by Crippen LogP contribution is -2.53. The van der Waals surface area contributed by atoms with E-state index < -0.39 is 120 Å². The average Bonchev–Trinajstić information content (AvgIpc) is 3.02. The number of phenolic OH excluding ortho intramolecular Hbond substituents is 2. The van der Waals surface area contributed by atoms with Gasteiger partial charge in [0.15, 0.2) is 12.1 Å². The number of rotatable bonds is 9. The first kappa shape index (κ1) is 33.9. The van der Waals surface area contributed by atoms with Crippen molar-refractivity contribution in [3.63, 3.8) is 0 Å². The van der Waals surface area contributed by atoms with Crippen molar-refractivity contribution in [3.8, 4) is 17.2 Å². The molecule has 16 heteroatoms. The number of fused-ring (bicyclic) bond motifs is 3. The summed E-state index contributed by atoms with van der Waals surface area (Å²) < 4.78 is 17.2. The highest BCUT2D eigenvalue weighted by Gasteiger charge is 2.49. The Kier molecular flexibility index (Phi) is 9.36. The van der Waals surface area contributed by atoms with E-state index in [2.05, 4.69) is 10.5 Å².